The molecule has 3 aromatic heterocycles. The van der Waals surface area contributed by atoms with Gasteiger partial charge in [-0.3, -0.25) is 0 Å². The first-order valence-electron chi connectivity index (χ1n) is 17.5. The fourth-order valence-corrected chi connectivity index (χ4v) is 7.42. The van der Waals surface area contributed by atoms with E-state index in [1.165, 1.54) is 21.9 Å². The molecule has 7 aromatic carbocycles. The number of aromatic nitrogens is 4. The molecule has 3 heterocycles. The van der Waals surface area contributed by atoms with E-state index in [4.69, 9.17) is 19.4 Å². The van der Waals surface area contributed by atoms with Crippen LogP contribution in [-0.2, 0) is 0 Å². The van der Waals surface area contributed by atoms with Crippen molar-refractivity contribution >= 4 is 43.7 Å². The molecule has 0 radical (unpaired) electrons. The number of rotatable bonds is 5. The maximum absolute atomic E-state index is 6.19. The van der Waals surface area contributed by atoms with E-state index in [2.05, 4.69) is 103 Å². The van der Waals surface area contributed by atoms with Gasteiger partial charge >= 0.3 is 0 Å². The van der Waals surface area contributed by atoms with Gasteiger partial charge in [0, 0.05) is 38.2 Å². The molecule has 0 saturated heterocycles. The number of fused-ring (bicyclic) bond motifs is 6. The molecule has 0 saturated carbocycles. The highest BCUT2D eigenvalue weighted by Gasteiger charge is 2.21. The van der Waals surface area contributed by atoms with Crippen molar-refractivity contribution in [2.45, 2.75) is 13.8 Å². The molecular formula is C47H32N4O. The third-order valence-electron chi connectivity index (χ3n) is 9.97. The van der Waals surface area contributed by atoms with Crippen molar-refractivity contribution in [2.24, 2.45) is 0 Å². The summed E-state index contributed by atoms with van der Waals surface area (Å²) in [7, 11) is 0. The molecule has 0 aliphatic rings. The lowest BCUT2D eigenvalue weighted by molar-refractivity contribution is 0.669. The Hall–Kier alpha value is -6.85. The third kappa shape index (κ3) is 4.97. The first kappa shape index (κ1) is 30.0. The van der Waals surface area contributed by atoms with Crippen LogP contribution in [0.5, 0.6) is 0 Å². The minimum Gasteiger partial charge on any atom is -0.456 e. The van der Waals surface area contributed by atoms with E-state index in [9.17, 15) is 0 Å². The van der Waals surface area contributed by atoms with Gasteiger partial charge in [-0.2, -0.15) is 0 Å². The smallest absolute Gasteiger partial charge is 0.166 e. The predicted molar refractivity (Wildman–Crippen MR) is 213 cm³/mol. The second-order valence-corrected chi connectivity index (χ2v) is 13.5. The van der Waals surface area contributed by atoms with Crippen LogP contribution < -0.4 is 0 Å². The van der Waals surface area contributed by atoms with Crippen LogP contribution in [0.2, 0.25) is 0 Å². The van der Waals surface area contributed by atoms with Crippen molar-refractivity contribution in [3.8, 4) is 51.0 Å². The van der Waals surface area contributed by atoms with Gasteiger partial charge in [-0.1, -0.05) is 115 Å². The fraction of sp³-hybridized carbons (Fsp3) is 0.0426. The van der Waals surface area contributed by atoms with Gasteiger partial charge in [0.25, 0.3) is 0 Å². The summed E-state index contributed by atoms with van der Waals surface area (Å²) in [5, 5.41) is 4.60. The van der Waals surface area contributed by atoms with Crippen LogP contribution >= 0.6 is 0 Å². The number of benzene rings is 7. The van der Waals surface area contributed by atoms with E-state index < -0.39 is 0 Å². The summed E-state index contributed by atoms with van der Waals surface area (Å²) < 4.78 is 8.57. The summed E-state index contributed by atoms with van der Waals surface area (Å²) in [4.78, 5) is 15.5. The largest absolute Gasteiger partial charge is 0.456 e. The number of aryl methyl sites for hydroxylation is 2. The van der Waals surface area contributed by atoms with Crippen molar-refractivity contribution in [2.75, 3.05) is 0 Å². The summed E-state index contributed by atoms with van der Waals surface area (Å²) in [6.07, 6.45) is 0. The van der Waals surface area contributed by atoms with E-state index in [1.807, 2.05) is 72.8 Å². The molecule has 0 aliphatic carbocycles. The highest BCUT2D eigenvalue weighted by Crippen LogP contribution is 2.40. The highest BCUT2D eigenvalue weighted by molar-refractivity contribution is 6.10. The van der Waals surface area contributed by atoms with Gasteiger partial charge in [0.05, 0.1) is 16.7 Å². The van der Waals surface area contributed by atoms with Crippen molar-refractivity contribution in [3.63, 3.8) is 0 Å². The van der Waals surface area contributed by atoms with Crippen LogP contribution in [0.1, 0.15) is 11.1 Å². The van der Waals surface area contributed by atoms with Crippen molar-refractivity contribution < 1.29 is 4.42 Å². The topological polar surface area (TPSA) is 56.7 Å². The number of nitrogens with zero attached hydrogens (tertiary/aromatic N) is 4. The van der Waals surface area contributed by atoms with E-state index in [-0.39, 0.29) is 0 Å². The fourth-order valence-electron chi connectivity index (χ4n) is 7.42. The molecule has 10 rings (SSSR count). The van der Waals surface area contributed by atoms with Gasteiger partial charge in [-0.25, -0.2) is 15.0 Å². The number of para-hydroxylation sites is 1. The molecular weight excluding hydrogens is 637 g/mol. The molecule has 0 amide bonds. The first-order valence-corrected chi connectivity index (χ1v) is 17.5. The van der Waals surface area contributed by atoms with Gasteiger partial charge in [-0.05, 0) is 78.6 Å². The Morgan fingerprint density at radius 2 is 0.942 bits per heavy atom. The lowest BCUT2D eigenvalue weighted by Crippen LogP contribution is -2.04. The highest BCUT2D eigenvalue weighted by atomic mass is 16.3. The molecule has 52 heavy (non-hydrogen) atoms. The zero-order valence-electron chi connectivity index (χ0n) is 28.7. The van der Waals surface area contributed by atoms with Crippen LogP contribution in [0, 0.1) is 13.8 Å². The first-order chi connectivity index (χ1) is 25.6. The molecule has 5 heteroatoms. The summed E-state index contributed by atoms with van der Waals surface area (Å²) >= 11 is 0. The van der Waals surface area contributed by atoms with Crippen molar-refractivity contribution in [3.05, 3.63) is 169 Å². The van der Waals surface area contributed by atoms with Gasteiger partial charge in [0.2, 0.25) is 0 Å². The maximum Gasteiger partial charge on any atom is 0.166 e. The Morgan fingerprint density at radius 1 is 0.404 bits per heavy atom. The average molecular weight is 669 g/mol. The van der Waals surface area contributed by atoms with Gasteiger partial charge in [0.1, 0.15) is 11.2 Å². The standard InChI is InChI=1S/C47H32N4O/c1-29-17-21-35-36-22-18-30(2)26-42(36)51(41(35)25-29)40-23-19-33(34-20-24-44-38(27-34)37-15-9-10-16-43(37)52-44)28-39(40)47-49-45(31-11-5-3-6-12-31)48-46(50-47)32-13-7-4-8-14-32/h3-28H,1-2H3. The summed E-state index contributed by atoms with van der Waals surface area (Å²) in [6.45, 7) is 4.30. The number of hydrogen-bond donors (Lipinski definition) is 0. The lowest BCUT2D eigenvalue weighted by atomic mass is 9.99. The molecule has 246 valence electrons. The molecule has 0 spiro atoms. The minimum atomic E-state index is 0.606. The Morgan fingerprint density at radius 3 is 1.60 bits per heavy atom. The minimum absolute atomic E-state index is 0.606. The van der Waals surface area contributed by atoms with Gasteiger partial charge < -0.3 is 8.98 Å². The molecule has 5 nitrogen and oxygen atoms in total. The molecule has 0 aliphatic heterocycles. The SMILES string of the molecule is Cc1ccc2c3ccc(C)cc3n(-c3ccc(-c4ccc5oc6ccccc6c5c4)cc3-c3nc(-c4ccccc4)nc(-c4ccccc4)n3)c2c1. The Bertz CT molecular complexity index is 2860. The van der Waals surface area contributed by atoms with E-state index >= 15 is 0 Å². The third-order valence-corrected chi connectivity index (χ3v) is 9.97. The molecule has 0 atom stereocenters. The van der Waals surface area contributed by atoms with E-state index in [1.54, 1.807) is 0 Å². The lowest BCUT2D eigenvalue weighted by Gasteiger charge is -2.16. The van der Waals surface area contributed by atoms with Crippen LogP contribution in [0.3, 0.4) is 0 Å². The van der Waals surface area contributed by atoms with Gasteiger partial charge in [0.15, 0.2) is 17.5 Å². The van der Waals surface area contributed by atoms with E-state index in [0.717, 1.165) is 66.5 Å². The zero-order chi connectivity index (χ0) is 34.8. The summed E-state index contributed by atoms with van der Waals surface area (Å²) in [5.41, 5.74) is 12.3. The Kier molecular flexibility index (Phi) is 6.86. The second kappa shape index (κ2) is 11.9. The summed E-state index contributed by atoms with van der Waals surface area (Å²) in [6, 6.07) is 55.0. The molecule has 0 fully saturated rings. The van der Waals surface area contributed by atoms with Gasteiger partial charge in [-0.15, -0.1) is 0 Å². The monoisotopic (exact) mass is 668 g/mol. The van der Waals surface area contributed by atoms with E-state index in [0.29, 0.717) is 17.5 Å². The Labute approximate surface area is 300 Å². The summed E-state index contributed by atoms with van der Waals surface area (Å²) in [5.74, 6) is 1.86. The average Bonchev–Trinajstić information content (AvgIpc) is 3.72. The second-order valence-electron chi connectivity index (χ2n) is 13.5. The molecule has 0 bridgehead atoms. The number of hydrogen-bond acceptors (Lipinski definition) is 4. The molecule has 0 unspecified atom stereocenters. The molecule has 10 aromatic rings. The molecule has 0 N–H and O–H groups in total. The van der Waals surface area contributed by atoms with Crippen LogP contribution in [0.15, 0.2) is 162 Å². The quantitative estimate of drug-likeness (QED) is 0.183. The van der Waals surface area contributed by atoms with Crippen molar-refractivity contribution in [1.82, 2.24) is 19.5 Å². The maximum atomic E-state index is 6.19. The zero-order valence-corrected chi connectivity index (χ0v) is 28.7. The van der Waals surface area contributed by atoms with Crippen LogP contribution in [0.25, 0.3) is 94.7 Å². The van der Waals surface area contributed by atoms with Crippen molar-refractivity contribution in [1.29, 1.82) is 0 Å². The number of furan rings is 1. The normalized spacial score (nSPS) is 11.7. The predicted octanol–water partition coefficient (Wildman–Crippen LogP) is 12.2. The Balaban J connectivity index is 1.29. The van der Waals surface area contributed by atoms with Crippen LogP contribution in [-0.4, -0.2) is 19.5 Å². The van der Waals surface area contributed by atoms with Crippen LogP contribution in [0.4, 0.5) is 0 Å².